The van der Waals surface area contributed by atoms with Crippen LogP contribution in [0.4, 0.5) is 10.1 Å². The second-order valence-corrected chi connectivity index (χ2v) is 9.26. The van der Waals surface area contributed by atoms with Crippen LogP contribution in [0.2, 0.25) is 0 Å². The van der Waals surface area contributed by atoms with E-state index in [1.165, 1.54) is 28.8 Å². The lowest BCUT2D eigenvalue weighted by Crippen LogP contribution is -2.41. The van der Waals surface area contributed by atoms with Crippen molar-refractivity contribution in [2.45, 2.75) is 24.8 Å². The molecule has 1 N–H and O–H groups in total. The molecule has 6 nitrogen and oxygen atoms in total. The van der Waals surface area contributed by atoms with E-state index in [1.807, 2.05) is 54.6 Å². The number of halogens is 1. The molecule has 0 aliphatic carbocycles. The summed E-state index contributed by atoms with van der Waals surface area (Å²) in [6.07, 6.45) is 0. The number of nitrogens with one attached hydrogen (secondary N) is 1. The highest BCUT2D eigenvalue weighted by molar-refractivity contribution is 8.15. The second kappa shape index (κ2) is 9.23. The third-order valence-electron chi connectivity index (χ3n) is 5.62. The molecule has 2 heterocycles. The Morgan fingerprint density at radius 3 is 2.53 bits per heavy atom. The van der Waals surface area contributed by atoms with E-state index in [0.29, 0.717) is 16.7 Å². The summed E-state index contributed by atoms with van der Waals surface area (Å²) in [4.78, 5) is 37.2. The van der Waals surface area contributed by atoms with Crippen molar-refractivity contribution >= 4 is 40.3 Å². The second-order valence-electron chi connectivity index (χ2n) is 7.96. The van der Waals surface area contributed by atoms with Crippen LogP contribution in [0.5, 0.6) is 0 Å². The van der Waals surface area contributed by atoms with Gasteiger partial charge in [-0.1, -0.05) is 66.4 Å². The molecule has 0 bridgehead atoms. The van der Waals surface area contributed by atoms with E-state index >= 15 is 0 Å². The lowest BCUT2D eigenvalue weighted by atomic mass is 10.1. The average molecular weight is 473 g/mol. The molecule has 0 saturated carbocycles. The van der Waals surface area contributed by atoms with E-state index in [0.717, 1.165) is 16.7 Å². The van der Waals surface area contributed by atoms with Crippen LogP contribution in [0.1, 0.15) is 29.7 Å². The Morgan fingerprint density at radius 1 is 1.06 bits per heavy atom. The molecule has 2 atom stereocenters. The predicted octanol–water partition coefficient (Wildman–Crippen LogP) is 4.60. The third kappa shape index (κ3) is 4.24. The fourth-order valence-corrected chi connectivity index (χ4v) is 4.77. The molecule has 0 fully saturated rings. The predicted molar refractivity (Wildman–Crippen MR) is 131 cm³/mol. The van der Waals surface area contributed by atoms with Crippen molar-refractivity contribution in [3.05, 3.63) is 101 Å². The van der Waals surface area contributed by atoms with Crippen LogP contribution in [-0.2, 0) is 16.1 Å². The number of hydrogen-bond acceptors (Lipinski definition) is 5. The molecule has 0 radical (unpaired) electrons. The van der Waals surface area contributed by atoms with E-state index in [9.17, 15) is 14.0 Å². The van der Waals surface area contributed by atoms with Gasteiger partial charge in [-0.2, -0.15) is 0 Å². The first kappa shape index (κ1) is 22.0. The van der Waals surface area contributed by atoms with Gasteiger partial charge in [-0.25, -0.2) is 19.3 Å². The molecule has 170 valence electrons. The summed E-state index contributed by atoms with van der Waals surface area (Å²) in [7, 11) is 0. The van der Waals surface area contributed by atoms with E-state index in [-0.39, 0.29) is 24.2 Å². The Bertz CT molecular complexity index is 1310. The molecule has 2 amide bonds. The molecule has 0 spiro atoms. The molecule has 8 heteroatoms. The molecule has 3 aromatic rings. The van der Waals surface area contributed by atoms with Crippen LogP contribution in [0, 0.1) is 5.82 Å². The lowest BCUT2D eigenvalue weighted by molar-refractivity contribution is -0.124. The molecule has 2 aliphatic rings. The Balaban J connectivity index is 1.37. The number of nitrogens with zero attached hydrogens (tertiary/aromatic N) is 3. The highest BCUT2D eigenvalue weighted by Crippen LogP contribution is 2.38. The molecule has 0 saturated heterocycles. The van der Waals surface area contributed by atoms with Gasteiger partial charge in [0.25, 0.3) is 5.91 Å². The van der Waals surface area contributed by atoms with Gasteiger partial charge < -0.3 is 5.32 Å². The highest BCUT2D eigenvalue weighted by atomic mass is 32.2. The summed E-state index contributed by atoms with van der Waals surface area (Å²) >= 11 is 1.21. The first-order chi connectivity index (χ1) is 16.5. The molecular weight excluding hydrogens is 451 g/mol. The number of thioether (sulfide) groups is 1. The molecular formula is C26H21FN4O2S. The van der Waals surface area contributed by atoms with Crippen molar-refractivity contribution in [3.63, 3.8) is 0 Å². The first-order valence-corrected chi connectivity index (χ1v) is 11.7. The average Bonchev–Trinajstić information content (AvgIpc) is 3.22. The number of amidine groups is 2. The zero-order valence-electron chi connectivity index (χ0n) is 18.3. The van der Waals surface area contributed by atoms with Gasteiger partial charge in [0, 0.05) is 12.1 Å². The van der Waals surface area contributed by atoms with Crippen LogP contribution < -0.4 is 5.32 Å². The fourth-order valence-electron chi connectivity index (χ4n) is 3.83. The van der Waals surface area contributed by atoms with Crippen molar-refractivity contribution < 1.29 is 14.0 Å². The fraction of sp³-hybridized carbons (Fsp3) is 0.154. The Morgan fingerprint density at radius 2 is 1.76 bits per heavy atom. The summed E-state index contributed by atoms with van der Waals surface area (Å²) < 4.78 is 13.1. The van der Waals surface area contributed by atoms with Gasteiger partial charge in [-0.05, 0) is 42.3 Å². The lowest BCUT2D eigenvalue weighted by Gasteiger charge is -2.26. The number of rotatable bonds is 5. The minimum atomic E-state index is -0.657. The van der Waals surface area contributed by atoms with E-state index < -0.39 is 11.3 Å². The molecule has 0 unspecified atom stereocenters. The monoisotopic (exact) mass is 472 g/mol. The molecule has 0 aromatic heterocycles. The van der Waals surface area contributed by atoms with Gasteiger partial charge in [0.1, 0.15) is 11.7 Å². The van der Waals surface area contributed by atoms with E-state index in [1.54, 1.807) is 19.1 Å². The van der Waals surface area contributed by atoms with Crippen molar-refractivity contribution in [2.75, 3.05) is 0 Å². The Labute approximate surface area is 200 Å². The molecule has 34 heavy (non-hydrogen) atoms. The Hall–Kier alpha value is -3.78. The number of carbonyl (C=O) groups excluding carboxylic acids is 2. The third-order valence-corrected chi connectivity index (χ3v) is 6.67. The largest absolute Gasteiger partial charge is 0.351 e. The SMILES string of the molecule is C[C@H](SC1=Nc2ccccc2C2=N[C@H](c3ccccc3)C(=O)N12)C(=O)NCc1ccc(F)cc1. The van der Waals surface area contributed by atoms with Crippen LogP contribution in [0.3, 0.4) is 0 Å². The van der Waals surface area contributed by atoms with Crippen molar-refractivity contribution in [3.8, 4) is 0 Å². The van der Waals surface area contributed by atoms with Gasteiger partial charge in [-0.15, -0.1) is 0 Å². The minimum Gasteiger partial charge on any atom is -0.351 e. The number of hydrogen-bond donors (Lipinski definition) is 1. The normalized spacial score (nSPS) is 17.4. The van der Waals surface area contributed by atoms with Crippen LogP contribution >= 0.6 is 11.8 Å². The summed E-state index contributed by atoms with van der Waals surface area (Å²) in [6, 6.07) is 22.3. The topological polar surface area (TPSA) is 74.1 Å². The number of para-hydroxylation sites is 1. The zero-order chi connectivity index (χ0) is 23.7. The summed E-state index contributed by atoms with van der Waals surface area (Å²) in [5.41, 5.74) is 3.10. The minimum absolute atomic E-state index is 0.194. The van der Waals surface area contributed by atoms with Crippen LogP contribution in [0.25, 0.3) is 0 Å². The van der Waals surface area contributed by atoms with Gasteiger partial charge in [-0.3, -0.25) is 9.59 Å². The van der Waals surface area contributed by atoms with Crippen LogP contribution in [-0.4, -0.2) is 33.0 Å². The van der Waals surface area contributed by atoms with Gasteiger partial charge in [0.05, 0.1) is 10.9 Å². The maximum Gasteiger partial charge on any atom is 0.263 e. The van der Waals surface area contributed by atoms with Crippen molar-refractivity contribution in [1.82, 2.24) is 10.2 Å². The maximum absolute atomic E-state index is 13.4. The number of carbonyl (C=O) groups is 2. The Kier molecular flexibility index (Phi) is 5.98. The van der Waals surface area contributed by atoms with Gasteiger partial charge >= 0.3 is 0 Å². The quantitative estimate of drug-likeness (QED) is 0.590. The maximum atomic E-state index is 13.4. The number of benzene rings is 3. The molecule has 3 aromatic carbocycles. The van der Waals surface area contributed by atoms with Crippen molar-refractivity contribution in [1.29, 1.82) is 0 Å². The molecule has 2 aliphatic heterocycles. The van der Waals surface area contributed by atoms with Gasteiger partial charge in [0.15, 0.2) is 11.2 Å². The van der Waals surface area contributed by atoms with Crippen LogP contribution in [0.15, 0.2) is 88.8 Å². The zero-order valence-corrected chi connectivity index (χ0v) is 19.1. The standard InChI is InChI=1S/C26H21FN4O2S/c1-16(24(32)28-15-17-11-13-19(27)14-12-17)34-26-29-21-10-6-5-9-20(21)23-30-22(25(33)31(23)26)18-7-3-2-4-8-18/h2-14,16,22H,15H2,1H3,(H,28,32)/t16-,22+/m0/s1. The number of amides is 2. The van der Waals surface area contributed by atoms with Crippen molar-refractivity contribution in [2.24, 2.45) is 9.98 Å². The first-order valence-electron chi connectivity index (χ1n) is 10.8. The summed E-state index contributed by atoms with van der Waals surface area (Å²) in [6.45, 7) is 2.05. The summed E-state index contributed by atoms with van der Waals surface area (Å²) in [5.74, 6) is -0.177. The summed E-state index contributed by atoms with van der Waals surface area (Å²) in [5, 5.41) is 2.76. The smallest absolute Gasteiger partial charge is 0.263 e. The number of fused-ring (bicyclic) bond motifs is 3. The number of aliphatic imine (C=N–C) groups is 2. The van der Waals surface area contributed by atoms with E-state index in [2.05, 4.69) is 5.32 Å². The van der Waals surface area contributed by atoms with Gasteiger partial charge in [0.2, 0.25) is 5.91 Å². The molecule has 5 rings (SSSR count). The van der Waals surface area contributed by atoms with E-state index in [4.69, 9.17) is 9.98 Å². The highest BCUT2D eigenvalue weighted by Gasteiger charge is 2.42.